The summed E-state index contributed by atoms with van der Waals surface area (Å²) in [6.45, 7) is 11.9. The molecule has 98 heavy (non-hydrogen) atoms. The second-order valence-corrected chi connectivity index (χ2v) is 31.9. The number of allylic oxidation sites excluding steroid dienone is 4. The van der Waals surface area contributed by atoms with E-state index in [0.29, 0.717) is 31.6 Å². The van der Waals surface area contributed by atoms with Crippen molar-refractivity contribution in [3.8, 4) is 0 Å². The number of aliphatic hydroxyl groups is 1. The number of ether oxygens (including phenoxy) is 4. The van der Waals surface area contributed by atoms with Crippen LogP contribution in [0.1, 0.15) is 382 Å². The van der Waals surface area contributed by atoms with E-state index in [1.54, 1.807) is 0 Å². The van der Waals surface area contributed by atoms with Crippen molar-refractivity contribution in [1.82, 2.24) is 0 Å². The van der Waals surface area contributed by atoms with E-state index in [-0.39, 0.29) is 25.7 Å². The summed E-state index contributed by atoms with van der Waals surface area (Å²) in [4.78, 5) is 72.9. The monoisotopic (exact) mass is 1430 g/mol. The normalized spacial score (nSPS) is 14.4. The molecule has 0 aliphatic carbocycles. The first kappa shape index (κ1) is 95.5. The van der Waals surface area contributed by atoms with Gasteiger partial charge in [0.05, 0.1) is 26.4 Å². The third kappa shape index (κ3) is 70.6. The lowest BCUT2D eigenvalue weighted by Crippen LogP contribution is -2.30. The molecule has 0 aromatic rings. The highest BCUT2D eigenvalue weighted by molar-refractivity contribution is 7.47. The molecule has 0 aromatic carbocycles. The third-order valence-electron chi connectivity index (χ3n) is 18.1. The van der Waals surface area contributed by atoms with E-state index in [0.717, 1.165) is 121 Å². The van der Waals surface area contributed by atoms with Gasteiger partial charge in [0.15, 0.2) is 12.2 Å². The molecule has 0 aliphatic heterocycles. The SMILES string of the molecule is CCCCCC/C=C\C=C/CCCCCCCC(=O)O[C@H](COC(=O)CCCCCCCCCC(C)C)COP(=O)(O)OCC(O)COP(=O)(O)OC[C@@H](COC(=O)CCCCCCCCCCCCCCC(C)C)OC(=O)CCCCCCCCCCCCCCCCC(C)CC. The van der Waals surface area contributed by atoms with Crippen molar-refractivity contribution in [2.24, 2.45) is 17.8 Å². The predicted octanol–water partition coefficient (Wildman–Crippen LogP) is 22.9. The van der Waals surface area contributed by atoms with E-state index in [1.165, 1.54) is 173 Å². The van der Waals surface area contributed by atoms with Crippen LogP contribution in [0.15, 0.2) is 24.3 Å². The third-order valence-corrected chi connectivity index (χ3v) is 20.0. The van der Waals surface area contributed by atoms with Gasteiger partial charge in [0.2, 0.25) is 0 Å². The number of rotatable bonds is 75. The highest BCUT2D eigenvalue weighted by Crippen LogP contribution is 2.45. The van der Waals surface area contributed by atoms with Crippen molar-refractivity contribution in [2.75, 3.05) is 39.6 Å². The van der Waals surface area contributed by atoms with Gasteiger partial charge in [0, 0.05) is 25.7 Å². The molecule has 0 saturated carbocycles. The van der Waals surface area contributed by atoms with Crippen molar-refractivity contribution in [2.45, 2.75) is 401 Å². The zero-order valence-electron chi connectivity index (χ0n) is 63.7. The minimum Gasteiger partial charge on any atom is -0.462 e. The van der Waals surface area contributed by atoms with Gasteiger partial charge in [-0.25, -0.2) is 9.13 Å². The first-order valence-corrected chi connectivity index (χ1v) is 43.2. The van der Waals surface area contributed by atoms with Crippen LogP contribution in [-0.4, -0.2) is 96.7 Å². The first-order valence-electron chi connectivity index (χ1n) is 40.2. The van der Waals surface area contributed by atoms with Crippen molar-refractivity contribution in [3.05, 3.63) is 24.3 Å². The molecule has 0 radical (unpaired) electrons. The van der Waals surface area contributed by atoms with Crippen molar-refractivity contribution < 1.29 is 80.2 Å². The minimum absolute atomic E-state index is 0.0841. The summed E-state index contributed by atoms with van der Waals surface area (Å²) in [5.41, 5.74) is 0. The number of phosphoric ester groups is 2. The number of hydrogen-bond donors (Lipinski definition) is 3. The lowest BCUT2D eigenvalue weighted by molar-refractivity contribution is -0.161. The maximum atomic E-state index is 13.1. The topological polar surface area (TPSA) is 237 Å². The quantitative estimate of drug-likeness (QED) is 0.0169. The molecule has 0 fully saturated rings. The number of aliphatic hydroxyl groups excluding tert-OH is 1. The van der Waals surface area contributed by atoms with Gasteiger partial charge in [0.1, 0.15) is 19.3 Å². The fraction of sp³-hybridized carbons (Fsp3) is 0.899. The van der Waals surface area contributed by atoms with Crippen LogP contribution in [0.3, 0.4) is 0 Å². The van der Waals surface area contributed by atoms with Gasteiger partial charge >= 0.3 is 39.5 Å². The number of carbonyl (C=O) groups is 4. The molecule has 0 aliphatic rings. The molecule has 4 unspecified atom stereocenters. The van der Waals surface area contributed by atoms with Gasteiger partial charge in [-0.05, 0) is 69.1 Å². The van der Waals surface area contributed by atoms with Crippen LogP contribution in [0, 0.1) is 17.8 Å². The zero-order valence-corrected chi connectivity index (χ0v) is 65.5. The van der Waals surface area contributed by atoms with Crippen LogP contribution in [-0.2, 0) is 65.4 Å². The van der Waals surface area contributed by atoms with E-state index < -0.39 is 97.5 Å². The molecular formula is C79H150O17P2. The van der Waals surface area contributed by atoms with Gasteiger partial charge in [-0.3, -0.25) is 37.3 Å². The van der Waals surface area contributed by atoms with Gasteiger partial charge in [-0.2, -0.15) is 0 Å². The molecule has 19 heteroatoms. The molecule has 578 valence electrons. The lowest BCUT2D eigenvalue weighted by Gasteiger charge is -2.21. The first-order chi connectivity index (χ1) is 47.3. The van der Waals surface area contributed by atoms with Gasteiger partial charge in [-0.1, -0.05) is 330 Å². The second kappa shape index (κ2) is 68.9. The summed E-state index contributed by atoms with van der Waals surface area (Å²) < 4.78 is 68.6. The van der Waals surface area contributed by atoms with E-state index in [1.807, 2.05) is 0 Å². The summed E-state index contributed by atoms with van der Waals surface area (Å²) in [7, 11) is -9.93. The Balaban J connectivity index is 5.29. The molecule has 0 amide bonds. The van der Waals surface area contributed by atoms with Crippen LogP contribution in [0.25, 0.3) is 0 Å². The number of esters is 4. The van der Waals surface area contributed by atoms with Gasteiger partial charge in [-0.15, -0.1) is 0 Å². The average Bonchev–Trinajstić information content (AvgIpc) is 1.05. The van der Waals surface area contributed by atoms with Crippen LogP contribution in [0.2, 0.25) is 0 Å². The van der Waals surface area contributed by atoms with E-state index >= 15 is 0 Å². The van der Waals surface area contributed by atoms with Crippen LogP contribution >= 0.6 is 15.6 Å². The highest BCUT2D eigenvalue weighted by atomic mass is 31.2. The van der Waals surface area contributed by atoms with E-state index in [4.69, 9.17) is 37.0 Å². The minimum atomic E-state index is -4.97. The Hall–Kier alpha value is -2.46. The van der Waals surface area contributed by atoms with Gasteiger partial charge < -0.3 is 33.8 Å². The van der Waals surface area contributed by atoms with Gasteiger partial charge in [0.25, 0.3) is 0 Å². The Morgan fingerprint density at radius 2 is 0.602 bits per heavy atom. The Morgan fingerprint density at radius 3 is 0.908 bits per heavy atom. The van der Waals surface area contributed by atoms with Crippen molar-refractivity contribution in [1.29, 1.82) is 0 Å². The molecule has 0 heterocycles. The Bertz CT molecular complexity index is 2000. The van der Waals surface area contributed by atoms with Crippen LogP contribution in [0.5, 0.6) is 0 Å². The van der Waals surface area contributed by atoms with E-state index in [2.05, 4.69) is 72.8 Å². The maximum absolute atomic E-state index is 13.1. The summed E-state index contributed by atoms with van der Waals surface area (Å²) in [5, 5.41) is 10.6. The molecule has 6 atom stereocenters. The standard InChI is InChI=1S/C79H150O17P2/c1-8-10-11-12-13-14-15-16-17-21-28-33-40-48-55-62-79(84)96-75(67-90-77(82)61-54-47-42-35-37-44-51-58-71(5)6)69-94-98(87,88)92-65-73(80)64-91-97(85,86)93-68-74(66-89-76(81)60-53-46-39-32-27-24-23-25-30-36-43-50-57-70(3)4)95-78(83)63-56-49-41-34-29-22-19-18-20-26-31-38-45-52-59-72(7)9-2/h14-17,70-75,80H,8-13,18-69H2,1-7H3,(H,85,86)(H,87,88)/b15-14-,17-16-/t72?,73?,74-,75-/m1/s1. The Kier molecular flexibility index (Phi) is 67.2. The number of unbranched alkanes of at least 4 members (excludes halogenated alkanes) is 39. The maximum Gasteiger partial charge on any atom is 0.472 e. The summed E-state index contributed by atoms with van der Waals surface area (Å²) in [6, 6.07) is 0. The lowest BCUT2D eigenvalue weighted by atomic mass is 9.99. The molecule has 0 aromatic heterocycles. The molecule has 0 bridgehead atoms. The molecule has 3 N–H and O–H groups in total. The highest BCUT2D eigenvalue weighted by Gasteiger charge is 2.30. The number of phosphoric acid groups is 2. The van der Waals surface area contributed by atoms with Crippen LogP contribution in [0.4, 0.5) is 0 Å². The predicted molar refractivity (Wildman–Crippen MR) is 400 cm³/mol. The van der Waals surface area contributed by atoms with E-state index in [9.17, 15) is 43.2 Å². The Labute approximate surface area is 599 Å². The fourth-order valence-corrected chi connectivity index (χ4v) is 13.1. The Morgan fingerprint density at radius 1 is 0.337 bits per heavy atom. The summed E-state index contributed by atoms with van der Waals surface area (Å²) in [6.07, 6.45) is 59.0. The van der Waals surface area contributed by atoms with Crippen molar-refractivity contribution >= 4 is 39.5 Å². The largest absolute Gasteiger partial charge is 0.472 e. The molecule has 17 nitrogen and oxygen atoms in total. The molecule has 0 rings (SSSR count). The number of carbonyl (C=O) groups excluding carboxylic acids is 4. The molecule has 0 saturated heterocycles. The smallest absolute Gasteiger partial charge is 0.462 e. The summed E-state index contributed by atoms with van der Waals surface area (Å²) >= 11 is 0. The average molecular weight is 1430 g/mol. The fourth-order valence-electron chi connectivity index (χ4n) is 11.6. The molecule has 0 spiro atoms. The summed E-state index contributed by atoms with van der Waals surface area (Å²) in [5.74, 6) is 0.182. The zero-order chi connectivity index (χ0) is 72.3. The van der Waals surface area contributed by atoms with Crippen molar-refractivity contribution in [3.63, 3.8) is 0 Å². The van der Waals surface area contributed by atoms with Crippen LogP contribution < -0.4 is 0 Å². The molecular weight excluding hydrogens is 1280 g/mol. The number of hydrogen-bond acceptors (Lipinski definition) is 15. The second-order valence-electron chi connectivity index (χ2n) is 29.0.